The normalized spacial score (nSPS) is 20.6. The summed E-state index contributed by atoms with van der Waals surface area (Å²) in [7, 11) is 0. The van der Waals surface area contributed by atoms with E-state index >= 15 is 0 Å². The highest BCUT2D eigenvalue weighted by Crippen LogP contribution is 2.40. The quantitative estimate of drug-likeness (QED) is 0.553. The first-order valence-electron chi connectivity index (χ1n) is 11.8. The van der Waals surface area contributed by atoms with Crippen LogP contribution in [0.25, 0.3) is 0 Å². The Morgan fingerprint density at radius 1 is 1.03 bits per heavy atom. The van der Waals surface area contributed by atoms with Gasteiger partial charge in [-0.15, -0.1) is 0 Å². The van der Waals surface area contributed by atoms with Crippen molar-refractivity contribution < 1.29 is 23.2 Å². The number of piperidine rings is 1. The molecular weight excluding hydrogens is 440 g/mol. The minimum atomic E-state index is -0.766. The number of Topliss-reactive ketones (excluding diaryl/α,β-unsaturated/α-hetero) is 1. The summed E-state index contributed by atoms with van der Waals surface area (Å²) in [5.74, 6) is -1.03. The van der Waals surface area contributed by atoms with Crippen LogP contribution in [0.15, 0.2) is 48.5 Å². The largest absolute Gasteiger partial charge is 0.340 e. The second kappa shape index (κ2) is 10.9. The predicted octanol–water partition coefficient (Wildman–Crippen LogP) is 3.18. The van der Waals surface area contributed by atoms with Crippen molar-refractivity contribution in [3.8, 4) is 0 Å². The van der Waals surface area contributed by atoms with Crippen molar-refractivity contribution in [1.29, 1.82) is 0 Å². The molecule has 1 saturated heterocycles. The zero-order valence-electron chi connectivity index (χ0n) is 18.9. The van der Waals surface area contributed by atoms with Crippen LogP contribution in [0.1, 0.15) is 53.9 Å². The molecule has 34 heavy (non-hydrogen) atoms. The van der Waals surface area contributed by atoms with Crippen molar-refractivity contribution in [2.45, 2.75) is 50.1 Å². The third-order valence-electron chi connectivity index (χ3n) is 6.44. The number of likely N-dealkylation sites (tertiary alicyclic amines) is 1. The molecule has 2 aliphatic rings. The number of carbonyl (C=O) groups is 3. The molecule has 2 N–H and O–H groups in total. The lowest BCUT2D eigenvalue weighted by atomic mass is 10.0. The van der Waals surface area contributed by atoms with Crippen molar-refractivity contribution in [2.24, 2.45) is 0 Å². The van der Waals surface area contributed by atoms with Gasteiger partial charge in [-0.05, 0) is 74.2 Å². The second-order valence-electron chi connectivity index (χ2n) is 9.03. The van der Waals surface area contributed by atoms with Gasteiger partial charge in [-0.2, -0.15) is 0 Å². The number of halogens is 2. The number of hydrogen-bond donors (Lipinski definition) is 2. The van der Waals surface area contributed by atoms with Crippen LogP contribution in [0.5, 0.6) is 0 Å². The number of amides is 2. The topological polar surface area (TPSA) is 78.5 Å². The van der Waals surface area contributed by atoms with Crippen molar-refractivity contribution >= 4 is 17.6 Å². The van der Waals surface area contributed by atoms with Crippen LogP contribution in [0.4, 0.5) is 8.78 Å². The van der Waals surface area contributed by atoms with Gasteiger partial charge in [-0.3, -0.25) is 14.4 Å². The molecule has 0 spiro atoms. The molecule has 4 rings (SSSR count). The van der Waals surface area contributed by atoms with E-state index < -0.39 is 17.8 Å². The minimum absolute atomic E-state index is 0.0189. The number of nitrogens with one attached hydrogen (secondary N) is 2. The average Bonchev–Trinajstić information content (AvgIpc) is 3.61. The van der Waals surface area contributed by atoms with E-state index in [9.17, 15) is 23.2 Å². The summed E-state index contributed by atoms with van der Waals surface area (Å²) in [6.07, 6.45) is 3.13. The number of nitrogens with zero attached hydrogens (tertiary/aromatic N) is 1. The fraction of sp³-hybridized carbons (Fsp3) is 0.423. The fourth-order valence-corrected chi connectivity index (χ4v) is 4.44. The first-order valence-corrected chi connectivity index (χ1v) is 11.8. The van der Waals surface area contributed by atoms with Gasteiger partial charge in [-0.25, -0.2) is 8.78 Å². The molecule has 0 radical (unpaired) electrons. The predicted molar refractivity (Wildman–Crippen MR) is 123 cm³/mol. The Bertz CT molecular complexity index is 1030. The van der Waals surface area contributed by atoms with E-state index in [1.165, 1.54) is 41.3 Å². The molecule has 2 aromatic carbocycles. The lowest BCUT2D eigenvalue weighted by molar-refractivity contribution is -0.139. The highest BCUT2D eigenvalue weighted by molar-refractivity contribution is 5.98. The standard InChI is InChI=1S/C26H29F2N3O3/c27-19-9-5-17(6-10-19)22-15-24(22)29-13-1-4-23(26(34)31-14-2-3-21(32)16-31)30-25(33)18-7-11-20(28)12-8-18/h5-12,22-24,29H,1-4,13-16H2,(H,30,33)/t22-,23-,24+/m0/s1. The van der Waals surface area contributed by atoms with Gasteiger partial charge in [0.2, 0.25) is 5.91 Å². The van der Waals surface area contributed by atoms with Gasteiger partial charge in [0, 0.05) is 30.5 Å². The monoisotopic (exact) mass is 469 g/mol. The Morgan fingerprint density at radius 3 is 2.38 bits per heavy atom. The van der Waals surface area contributed by atoms with Crippen LogP contribution >= 0.6 is 0 Å². The summed E-state index contributed by atoms with van der Waals surface area (Å²) in [5.41, 5.74) is 1.38. The number of benzene rings is 2. The molecule has 180 valence electrons. The van der Waals surface area contributed by atoms with Gasteiger partial charge in [0.15, 0.2) is 5.78 Å². The van der Waals surface area contributed by atoms with Crippen molar-refractivity contribution in [2.75, 3.05) is 19.6 Å². The molecule has 6 nitrogen and oxygen atoms in total. The number of hydrogen-bond acceptors (Lipinski definition) is 4. The van der Waals surface area contributed by atoms with E-state index in [1.807, 2.05) is 0 Å². The lowest BCUT2D eigenvalue weighted by Crippen LogP contribution is -2.51. The van der Waals surface area contributed by atoms with Gasteiger partial charge in [0.1, 0.15) is 17.7 Å². The zero-order valence-corrected chi connectivity index (χ0v) is 18.9. The van der Waals surface area contributed by atoms with Crippen LogP contribution in [-0.2, 0) is 9.59 Å². The third-order valence-corrected chi connectivity index (χ3v) is 6.44. The third kappa shape index (κ3) is 6.26. The minimum Gasteiger partial charge on any atom is -0.340 e. The van der Waals surface area contributed by atoms with Crippen molar-refractivity contribution in [3.05, 3.63) is 71.3 Å². The number of rotatable bonds is 9. The maximum atomic E-state index is 13.2. The van der Waals surface area contributed by atoms with Crippen LogP contribution in [0, 0.1) is 11.6 Å². The zero-order chi connectivity index (χ0) is 24.1. The van der Waals surface area contributed by atoms with Gasteiger partial charge in [-0.1, -0.05) is 12.1 Å². The first kappa shape index (κ1) is 24.0. The van der Waals surface area contributed by atoms with Gasteiger partial charge >= 0.3 is 0 Å². The summed E-state index contributed by atoms with van der Waals surface area (Å²) >= 11 is 0. The van der Waals surface area contributed by atoms with Crippen molar-refractivity contribution in [1.82, 2.24) is 15.5 Å². The maximum absolute atomic E-state index is 13.2. The fourth-order valence-electron chi connectivity index (χ4n) is 4.44. The maximum Gasteiger partial charge on any atom is 0.251 e. The first-order chi connectivity index (χ1) is 16.4. The van der Waals surface area contributed by atoms with E-state index in [1.54, 1.807) is 12.1 Å². The molecule has 2 amide bonds. The summed E-state index contributed by atoms with van der Waals surface area (Å²) in [6.45, 7) is 1.23. The summed E-state index contributed by atoms with van der Waals surface area (Å²) in [6, 6.07) is 11.2. The molecule has 1 heterocycles. The highest BCUT2D eigenvalue weighted by Gasteiger charge is 2.37. The van der Waals surface area contributed by atoms with Crippen molar-refractivity contribution in [3.63, 3.8) is 0 Å². The van der Waals surface area contributed by atoms with Crippen LogP contribution in [0.2, 0.25) is 0 Å². The molecule has 8 heteroatoms. The molecule has 2 fully saturated rings. The SMILES string of the molecule is O=C1CCCN(C(=O)[C@H](CCCN[C@@H]2C[C@H]2c2ccc(F)cc2)NC(=O)c2ccc(F)cc2)C1. The number of ketones is 1. The Kier molecular flexibility index (Phi) is 7.67. The molecule has 0 unspecified atom stereocenters. The highest BCUT2D eigenvalue weighted by atomic mass is 19.1. The second-order valence-corrected chi connectivity index (χ2v) is 9.03. The molecule has 0 bridgehead atoms. The van der Waals surface area contributed by atoms with E-state index in [0.29, 0.717) is 50.7 Å². The van der Waals surface area contributed by atoms with E-state index in [-0.39, 0.29) is 29.6 Å². The van der Waals surface area contributed by atoms with E-state index in [2.05, 4.69) is 10.6 Å². The average molecular weight is 470 g/mol. The molecule has 2 aromatic rings. The van der Waals surface area contributed by atoms with Crippen LogP contribution in [0.3, 0.4) is 0 Å². The number of carbonyl (C=O) groups excluding carboxylic acids is 3. The summed E-state index contributed by atoms with van der Waals surface area (Å²) in [4.78, 5) is 39.1. The lowest BCUT2D eigenvalue weighted by Gasteiger charge is -2.30. The molecular formula is C26H29F2N3O3. The smallest absolute Gasteiger partial charge is 0.251 e. The molecule has 1 saturated carbocycles. The Hall–Kier alpha value is -3.13. The molecule has 3 atom stereocenters. The van der Waals surface area contributed by atoms with Gasteiger partial charge in [0.25, 0.3) is 5.91 Å². The Balaban J connectivity index is 1.31. The van der Waals surface area contributed by atoms with E-state index in [4.69, 9.17) is 0 Å². The Morgan fingerprint density at radius 2 is 1.71 bits per heavy atom. The molecule has 0 aromatic heterocycles. The van der Waals surface area contributed by atoms with Gasteiger partial charge in [0.05, 0.1) is 6.54 Å². The molecule has 1 aliphatic heterocycles. The Labute approximate surface area is 197 Å². The molecule has 1 aliphatic carbocycles. The van der Waals surface area contributed by atoms with E-state index in [0.717, 1.165) is 12.0 Å². The summed E-state index contributed by atoms with van der Waals surface area (Å²) in [5, 5.41) is 6.25. The van der Waals surface area contributed by atoms with Crippen LogP contribution < -0.4 is 10.6 Å². The van der Waals surface area contributed by atoms with Gasteiger partial charge < -0.3 is 15.5 Å². The summed E-state index contributed by atoms with van der Waals surface area (Å²) < 4.78 is 26.3. The van der Waals surface area contributed by atoms with Crippen LogP contribution in [-0.4, -0.2) is 54.2 Å².